The van der Waals surface area contributed by atoms with E-state index in [9.17, 15) is 0 Å². The van der Waals surface area contributed by atoms with E-state index in [4.69, 9.17) is 0 Å². The highest BCUT2D eigenvalue weighted by Crippen LogP contribution is 2.34. The van der Waals surface area contributed by atoms with Crippen molar-refractivity contribution in [2.75, 3.05) is 51.2 Å². The molecule has 1 aromatic carbocycles. The third-order valence-electron chi connectivity index (χ3n) is 6.21. The molecular weight excluding hydrogens is 282 g/mol. The molecule has 2 aliphatic heterocycles. The van der Waals surface area contributed by atoms with Gasteiger partial charge in [-0.25, -0.2) is 0 Å². The standard InChI is InChI=1S/C20H33N3/c1-17-5-7-19(8-6-17)22-11-9-18(10-12-22)20(2,3)23-15-13-21(4)14-16-23/h5-8,18H,9-16H2,1-4H3. The summed E-state index contributed by atoms with van der Waals surface area (Å²) in [7, 11) is 2.24. The molecule has 3 nitrogen and oxygen atoms in total. The predicted octanol–water partition coefficient (Wildman–Crippen LogP) is 3.24. The quantitative estimate of drug-likeness (QED) is 0.848. The minimum absolute atomic E-state index is 0.334. The van der Waals surface area contributed by atoms with E-state index in [1.165, 1.54) is 63.4 Å². The Morgan fingerprint density at radius 3 is 2.00 bits per heavy atom. The Labute approximate surface area is 142 Å². The number of hydrogen-bond donors (Lipinski definition) is 0. The zero-order valence-electron chi connectivity index (χ0n) is 15.4. The van der Waals surface area contributed by atoms with Gasteiger partial charge in [0, 0.05) is 50.5 Å². The number of rotatable bonds is 3. The van der Waals surface area contributed by atoms with Crippen LogP contribution in [0, 0.1) is 12.8 Å². The Balaban J connectivity index is 1.58. The van der Waals surface area contributed by atoms with Crippen LogP contribution in [-0.2, 0) is 0 Å². The Kier molecular flexibility index (Phi) is 4.98. The monoisotopic (exact) mass is 315 g/mol. The third kappa shape index (κ3) is 3.72. The summed E-state index contributed by atoms with van der Waals surface area (Å²) in [5, 5.41) is 0. The number of likely N-dealkylation sites (N-methyl/N-ethyl adjacent to an activating group) is 1. The molecule has 3 rings (SSSR count). The molecule has 0 unspecified atom stereocenters. The molecule has 23 heavy (non-hydrogen) atoms. The highest BCUT2D eigenvalue weighted by Gasteiger charge is 2.38. The molecule has 2 saturated heterocycles. The van der Waals surface area contributed by atoms with E-state index < -0.39 is 0 Å². The van der Waals surface area contributed by atoms with Gasteiger partial charge in [-0.05, 0) is 58.7 Å². The van der Waals surface area contributed by atoms with Crippen LogP contribution in [0.2, 0.25) is 0 Å². The minimum Gasteiger partial charge on any atom is -0.372 e. The van der Waals surface area contributed by atoms with E-state index >= 15 is 0 Å². The van der Waals surface area contributed by atoms with Crippen LogP contribution in [0.1, 0.15) is 32.3 Å². The van der Waals surface area contributed by atoms with Crippen molar-refractivity contribution in [1.29, 1.82) is 0 Å². The second-order valence-electron chi connectivity index (χ2n) is 8.04. The maximum atomic E-state index is 2.74. The first-order valence-corrected chi connectivity index (χ1v) is 9.22. The fraction of sp³-hybridized carbons (Fsp3) is 0.700. The highest BCUT2D eigenvalue weighted by molar-refractivity contribution is 5.47. The van der Waals surface area contributed by atoms with Gasteiger partial charge >= 0.3 is 0 Å². The number of nitrogens with zero attached hydrogens (tertiary/aromatic N) is 3. The molecule has 0 aromatic heterocycles. The number of benzene rings is 1. The van der Waals surface area contributed by atoms with Crippen LogP contribution in [0.25, 0.3) is 0 Å². The van der Waals surface area contributed by atoms with E-state index in [-0.39, 0.29) is 0 Å². The number of hydrogen-bond acceptors (Lipinski definition) is 3. The molecule has 1 aromatic rings. The topological polar surface area (TPSA) is 9.72 Å². The van der Waals surface area contributed by atoms with Crippen molar-refractivity contribution < 1.29 is 0 Å². The number of piperazine rings is 1. The Hall–Kier alpha value is -1.06. The van der Waals surface area contributed by atoms with Crippen LogP contribution in [0.15, 0.2) is 24.3 Å². The first kappa shape index (κ1) is 16.8. The largest absolute Gasteiger partial charge is 0.372 e. The molecule has 0 N–H and O–H groups in total. The molecule has 0 bridgehead atoms. The summed E-state index contributed by atoms with van der Waals surface area (Å²) >= 11 is 0. The van der Waals surface area contributed by atoms with Gasteiger partial charge in [0.05, 0.1) is 0 Å². The second-order valence-corrected chi connectivity index (χ2v) is 8.04. The van der Waals surface area contributed by atoms with E-state index in [1.54, 1.807) is 0 Å². The summed E-state index contributed by atoms with van der Waals surface area (Å²) in [6, 6.07) is 9.02. The Morgan fingerprint density at radius 1 is 0.870 bits per heavy atom. The van der Waals surface area contributed by atoms with Gasteiger partial charge in [0.2, 0.25) is 0 Å². The maximum absolute atomic E-state index is 2.74. The van der Waals surface area contributed by atoms with Crippen LogP contribution < -0.4 is 4.90 Å². The molecule has 0 saturated carbocycles. The molecule has 2 heterocycles. The zero-order valence-corrected chi connectivity index (χ0v) is 15.4. The number of piperidine rings is 1. The fourth-order valence-corrected chi connectivity index (χ4v) is 4.24. The molecule has 0 amide bonds. The molecule has 0 aliphatic carbocycles. The molecule has 2 aliphatic rings. The van der Waals surface area contributed by atoms with Gasteiger partial charge < -0.3 is 9.80 Å². The van der Waals surface area contributed by atoms with Crippen LogP contribution in [0.3, 0.4) is 0 Å². The van der Waals surface area contributed by atoms with E-state index in [2.05, 4.69) is 66.8 Å². The van der Waals surface area contributed by atoms with Crippen LogP contribution in [-0.4, -0.2) is 61.7 Å². The number of aryl methyl sites for hydroxylation is 1. The average molecular weight is 316 g/mol. The van der Waals surface area contributed by atoms with Gasteiger partial charge in [0.1, 0.15) is 0 Å². The van der Waals surface area contributed by atoms with E-state index in [1.807, 2.05) is 0 Å². The Morgan fingerprint density at radius 2 is 1.43 bits per heavy atom. The molecule has 128 valence electrons. The van der Waals surface area contributed by atoms with Crippen LogP contribution >= 0.6 is 0 Å². The first-order valence-electron chi connectivity index (χ1n) is 9.22. The fourth-order valence-electron chi connectivity index (χ4n) is 4.24. The molecule has 0 spiro atoms. The van der Waals surface area contributed by atoms with Crippen LogP contribution in [0.4, 0.5) is 5.69 Å². The lowest BCUT2D eigenvalue weighted by atomic mass is 9.78. The predicted molar refractivity (Wildman–Crippen MR) is 99.3 cm³/mol. The van der Waals surface area contributed by atoms with Crippen LogP contribution in [0.5, 0.6) is 0 Å². The molecule has 3 heteroatoms. The lowest BCUT2D eigenvalue weighted by Gasteiger charge is -2.50. The summed E-state index contributed by atoms with van der Waals surface area (Å²) in [6.45, 7) is 14.4. The van der Waals surface area contributed by atoms with E-state index in [0.29, 0.717) is 5.54 Å². The van der Waals surface area contributed by atoms with Gasteiger partial charge in [-0.3, -0.25) is 4.90 Å². The van der Waals surface area contributed by atoms with Crippen molar-refractivity contribution in [2.24, 2.45) is 5.92 Å². The van der Waals surface area contributed by atoms with E-state index in [0.717, 1.165) is 5.92 Å². The van der Waals surface area contributed by atoms with Crippen molar-refractivity contribution in [3.05, 3.63) is 29.8 Å². The van der Waals surface area contributed by atoms with Crippen molar-refractivity contribution in [1.82, 2.24) is 9.80 Å². The van der Waals surface area contributed by atoms with Gasteiger partial charge in [-0.15, -0.1) is 0 Å². The van der Waals surface area contributed by atoms with Crippen molar-refractivity contribution in [3.8, 4) is 0 Å². The van der Waals surface area contributed by atoms with Gasteiger partial charge in [0.25, 0.3) is 0 Å². The first-order chi connectivity index (χ1) is 11.0. The molecule has 0 radical (unpaired) electrons. The summed E-state index contributed by atoms with van der Waals surface area (Å²) < 4.78 is 0. The van der Waals surface area contributed by atoms with Crippen molar-refractivity contribution in [2.45, 2.75) is 39.2 Å². The molecule has 2 fully saturated rings. The lowest BCUT2D eigenvalue weighted by molar-refractivity contribution is 0.0148. The summed E-state index contributed by atoms with van der Waals surface area (Å²) in [5.74, 6) is 0.813. The second kappa shape index (κ2) is 6.82. The van der Waals surface area contributed by atoms with Gasteiger partial charge in [0.15, 0.2) is 0 Å². The lowest BCUT2D eigenvalue weighted by Crippen LogP contribution is -2.58. The van der Waals surface area contributed by atoms with Crippen molar-refractivity contribution in [3.63, 3.8) is 0 Å². The number of anilines is 1. The van der Waals surface area contributed by atoms with Gasteiger partial charge in [-0.1, -0.05) is 17.7 Å². The summed E-state index contributed by atoms with van der Waals surface area (Å²) in [5.41, 5.74) is 3.08. The maximum Gasteiger partial charge on any atom is 0.0366 e. The summed E-state index contributed by atoms with van der Waals surface area (Å²) in [4.78, 5) is 7.75. The average Bonchev–Trinajstić information content (AvgIpc) is 2.56. The normalized spacial score (nSPS) is 22.5. The third-order valence-corrected chi connectivity index (χ3v) is 6.21. The summed E-state index contributed by atoms with van der Waals surface area (Å²) in [6.07, 6.45) is 2.63. The molecular formula is C20H33N3. The van der Waals surface area contributed by atoms with Crippen molar-refractivity contribution >= 4 is 5.69 Å². The van der Waals surface area contributed by atoms with Gasteiger partial charge in [-0.2, -0.15) is 0 Å². The highest BCUT2D eigenvalue weighted by atomic mass is 15.3. The molecule has 0 atom stereocenters. The smallest absolute Gasteiger partial charge is 0.0366 e. The SMILES string of the molecule is Cc1ccc(N2CCC(C(C)(C)N3CCN(C)CC3)CC2)cc1. The zero-order chi connectivity index (χ0) is 16.4. The minimum atomic E-state index is 0.334. The Bertz CT molecular complexity index is 492.